The van der Waals surface area contributed by atoms with Crippen molar-refractivity contribution < 1.29 is 4.74 Å². The van der Waals surface area contributed by atoms with Crippen LogP contribution in [-0.4, -0.2) is 59.7 Å². The molecule has 2 aliphatic rings. The number of hydrogen-bond donors (Lipinski definition) is 0. The second-order valence-electron chi connectivity index (χ2n) is 5.25. The van der Waals surface area contributed by atoms with Crippen molar-refractivity contribution in [2.75, 3.05) is 44.3 Å². The van der Waals surface area contributed by atoms with Crippen LogP contribution in [0, 0.1) is 0 Å². The van der Waals surface area contributed by atoms with E-state index in [0.29, 0.717) is 6.04 Å². The first-order chi connectivity index (χ1) is 9.36. The third-order valence-electron chi connectivity index (χ3n) is 3.97. The van der Waals surface area contributed by atoms with Crippen LogP contribution in [0.4, 0.5) is 5.13 Å². The number of anilines is 1. The second kappa shape index (κ2) is 6.15. The average Bonchev–Trinajstić information content (AvgIpc) is 3.08. The largest absolute Gasteiger partial charge is 0.379 e. The highest BCUT2D eigenvalue weighted by Crippen LogP contribution is 2.27. The molecule has 0 bridgehead atoms. The van der Waals surface area contributed by atoms with E-state index in [1.165, 1.54) is 12.8 Å². The van der Waals surface area contributed by atoms with E-state index in [1.54, 1.807) is 11.5 Å². The highest BCUT2D eigenvalue weighted by atomic mass is 32.1. The number of morpholine rings is 1. The summed E-state index contributed by atoms with van der Waals surface area (Å²) in [5, 5.41) is 1.12. The van der Waals surface area contributed by atoms with Crippen LogP contribution in [0.5, 0.6) is 0 Å². The minimum absolute atomic E-state index is 0.607. The standard InChI is InChI=1S/C13H22N4OS/c1-2-12-14-13(19-15-12)17-5-3-4-11(17)10-16-6-8-18-9-7-16/h11H,2-10H2,1H3/t11-/m0/s1. The normalized spacial score (nSPS) is 25.1. The van der Waals surface area contributed by atoms with E-state index in [2.05, 4.69) is 26.1 Å². The highest BCUT2D eigenvalue weighted by Gasteiger charge is 2.29. The monoisotopic (exact) mass is 282 g/mol. The van der Waals surface area contributed by atoms with Crippen LogP contribution in [0.2, 0.25) is 0 Å². The smallest absolute Gasteiger partial charge is 0.205 e. The van der Waals surface area contributed by atoms with Crippen LogP contribution in [0.25, 0.3) is 0 Å². The predicted octanol–water partition coefficient (Wildman–Crippen LogP) is 1.40. The third-order valence-corrected chi connectivity index (χ3v) is 4.76. The first-order valence-corrected chi connectivity index (χ1v) is 8.03. The molecule has 1 aromatic rings. The Labute approximate surface area is 118 Å². The molecule has 106 valence electrons. The molecule has 0 aromatic carbocycles. The van der Waals surface area contributed by atoms with Crippen molar-refractivity contribution >= 4 is 16.7 Å². The van der Waals surface area contributed by atoms with Crippen molar-refractivity contribution in [3.8, 4) is 0 Å². The second-order valence-corrected chi connectivity index (χ2v) is 5.98. The number of aryl methyl sites for hydroxylation is 1. The summed E-state index contributed by atoms with van der Waals surface area (Å²) in [5.74, 6) is 0.983. The van der Waals surface area contributed by atoms with Crippen LogP contribution >= 0.6 is 11.5 Å². The van der Waals surface area contributed by atoms with Crippen molar-refractivity contribution in [2.45, 2.75) is 32.2 Å². The molecule has 0 unspecified atom stereocenters. The van der Waals surface area contributed by atoms with Gasteiger partial charge >= 0.3 is 0 Å². The molecule has 1 atom stereocenters. The topological polar surface area (TPSA) is 41.5 Å². The number of hydrogen-bond acceptors (Lipinski definition) is 6. The Morgan fingerprint density at radius 1 is 1.32 bits per heavy atom. The van der Waals surface area contributed by atoms with Gasteiger partial charge in [0.15, 0.2) is 0 Å². The van der Waals surface area contributed by atoms with Crippen LogP contribution in [0.1, 0.15) is 25.6 Å². The number of ether oxygens (including phenoxy) is 1. The van der Waals surface area contributed by atoms with Gasteiger partial charge in [0.25, 0.3) is 0 Å². The molecule has 2 saturated heterocycles. The number of nitrogens with zero attached hydrogens (tertiary/aromatic N) is 4. The quantitative estimate of drug-likeness (QED) is 0.835. The lowest BCUT2D eigenvalue weighted by atomic mass is 10.2. The Kier molecular flexibility index (Phi) is 4.30. The van der Waals surface area contributed by atoms with E-state index in [1.807, 2.05) is 0 Å². The van der Waals surface area contributed by atoms with Gasteiger partial charge in [0, 0.05) is 50.2 Å². The van der Waals surface area contributed by atoms with Gasteiger partial charge in [-0.3, -0.25) is 4.90 Å². The Hall–Kier alpha value is -0.720. The minimum Gasteiger partial charge on any atom is -0.379 e. The molecule has 0 aliphatic carbocycles. The summed E-state index contributed by atoms with van der Waals surface area (Å²) in [5.41, 5.74) is 0. The minimum atomic E-state index is 0.607. The fourth-order valence-corrected chi connectivity index (χ4v) is 3.71. The maximum Gasteiger partial charge on any atom is 0.205 e. The van der Waals surface area contributed by atoms with Crippen molar-refractivity contribution in [1.29, 1.82) is 0 Å². The third kappa shape index (κ3) is 3.07. The maximum atomic E-state index is 5.42. The maximum absolute atomic E-state index is 5.42. The van der Waals surface area contributed by atoms with Crippen LogP contribution in [-0.2, 0) is 11.2 Å². The molecular formula is C13H22N4OS. The summed E-state index contributed by atoms with van der Waals surface area (Å²) in [7, 11) is 0. The zero-order chi connectivity index (χ0) is 13.1. The van der Waals surface area contributed by atoms with E-state index >= 15 is 0 Å². The van der Waals surface area contributed by atoms with Crippen LogP contribution < -0.4 is 4.90 Å². The molecule has 2 fully saturated rings. The van der Waals surface area contributed by atoms with E-state index in [0.717, 1.165) is 56.8 Å². The first kappa shape index (κ1) is 13.3. The van der Waals surface area contributed by atoms with Crippen LogP contribution in [0.15, 0.2) is 0 Å². The van der Waals surface area contributed by atoms with E-state index < -0.39 is 0 Å². The zero-order valence-corrected chi connectivity index (χ0v) is 12.4. The summed E-state index contributed by atoms with van der Waals surface area (Å²) >= 11 is 1.56. The molecule has 3 rings (SSSR count). The molecule has 0 spiro atoms. The zero-order valence-electron chi connectivity index (χ0n) is 11.5. The molecule has 0 radical (unpaired) electrons. The van der Waals surface area contributed by atoms with Gasteiger partial charge < -0.3 is 9.64 Å². The van der Waals surface area contributed by atoms with Crippen molar-refractivity contribution in [2.24, 2.45) is 0 Å². The molecule has 0 saturated carbocycles. The molecule has 5 nitrogen and oxygen atoms in total. The van der Waals surface area contributed by atoms with E-state index in [9.17, 15) is 0 Å². The van der Waals surface area contributed by atoms with Crippen molar-refractivity contribution in [1.82, 2.24) is 14.3 Å². The molecule has 2 aliphatic heterocycles. The first-order valence-electron chi connectivity index (χ1n) is 7.26. The lowest BCUT2D eigenvalue weighted by Crippen LogP contribution is -2.45. The fourth-order valence-electron chi connectivity index (χ4n) is 2.86. The van der Waals surface area contributed by atoms with Gasteiger partial charge in [-0.2, -0.15) is 4.37 Å². The molecule has 3 heterocycles. The number of aromatic nitrogens is 2. The van der Waals surface area contributed by atoms with Gasteiger partial charge in [0.1, 0.15) is 5.82 Å². The Bertz CT molecular complexity index is 405. The van der Waals surface area contributed by atoms with Gasteiger partial charge in [-0.1, -0.05) is 6.92 Å². The molecule has 19 heavy (non-hydrogen) atoms. The lowest BCUT2D eigenvalue weighted by molar-refractivity contribution is 0.0355. The van der Waals surface area contributed by atoms with Crippen LogP contribution in [0.3, 0.4) is 0 Å². The van der Waals surface area contributed by atoms with Gasteiger partial charge in [0.05, 0.1) is 13.2 Å². The Morgan fingerprint density at radius 2 is 2.16 bits per heavy atom. The lowest BCUT2D eigenvalue weighted by Gasteiger charge is -2.32. The van der Waals surface area contributed by atoms with E-state index in [-0.39, 0.29) is 0 Å². The highest BCUT2D eigenvalue weighted by molar-refractivity contribution is 7.09. The SMILES string of the molecule is CCc1nsc(N2CCC[C@H]2CN2CCOCC2)n1. The summed E-state index contributed by atoms with van der Waals surface area (Å²) in [6, 6.07) is 0.607. The Balaban J connectivity index is 1.63. The fraction of sp³-hybridized carbons (Fsp3) is 0.846. The van der Waals surface area contributed by atoms with Gasteiger partial charge in [-0.15, -0.1) is 0 Å². The average molecular weight is 282 g/mol. The van der Waals surface area contributed by atoms with E-state index in [4.69, 9.17) is 4.74 Å². The van der Waals surface area contributed by atoms with Crippen molar-refractivity contribution in [3.05, 3.63) is 5.82 Å². The van der Waals surface area contributed by atoms with Gasteiger partial charge in [-0.05, 0) is 12.8 Å². The molecule has 0 N–H and O–H groups in total. The summed E-state index contributed by atoms with van der Waals surface area (Å²) < 4.78 is 9.83. The summed E-state index contributed by atoms with van der Waals surface area (Å²) in [6.45, 7) is 8.29. The molecule has 1 aromatic heterocycles. The van der Waals surface area contributed by atoms with Crippen molar-refractivity contribution in [3.63, 3.8) is 0 Å². The number of rotatable bonds is 4. The van der Waals surface area contributed by atoms with Gasteiger partial charge in [-0.25, -0.2) is 4.98 Å². The Morgan fingerprint density at radius 3 is 2.89 bits per heavy atom. The molecule has 0 amide bonds. The molecule has 6 heteroatoms. The summed E-state index contributed by atoms with van der Waals surface area (Å²) in [6.07, 6.45) is 3.48. The van der Waals surface area contributed by atoms with Gasteiger partial charge in [0.2, 0.25) is 5.13 Å². The molecular weight excluding hydrogens is 260 g/mol. The predicted molar refractivity (Wildman–Crippen MR) is 76.9 cm³/mol. The summed E-state index contributed by atoms with van der Waals surface area (Å²) in [4.78, 5) is 9.63.